The molecule has 1 aliphatic heterocycles. The van der Waals surface area contributed by atoms with Crippen LogP contribution >= 0.6 is 12.4 Å². The minimum absolute atomic E-state index is 0. The molecule has 0 aromatic heterocycles. The van der Waals surface area contributed by atoms with Crippen molar-refractivity contribution in [2.45, 2.75) is 32.2 Å². The van der Waals surface area contributed by atoms with E-state index in [0.717, 1.165) is 19.3 Å². The van der Waals surface area contributed by atoms with Crippen LogP contribution in [0.2, 0.25) is 0 Å². The van der Waals surface area contributed by atoms with Crippen molar-refractivity contribution in [3.63, 3.8) is 0 Å². The first kappa shape index (κ1) is 15.1. The number of nitrogens with two attached hydrogens (primary N) is 1. The largest absolute Gasteiger partial charge is 0.329 e. The summed E-state index contributed by atoms with van der Waals surface area (Å²) < 4.78 is 27.5. The van der Waals surface area contributed by atoms with Crippen LogP contribution in [0.15, 0.2) is 0 Å². The highest BCUT2D eigenvalue weighted by atomic mass is 35.5. The van der Waals surface area contributed by atoms with Crippen molar-refractivity contribution in [2.24, 2.45) is 5.73 Å². The Morgan fingerprint density at radius 1 is 1.53 bits per heavy atom. The summed E-state index contributed by atoms with van der Waals surface area (Å²) in [4.78, 5) is 0. The maximum atomic E-state index is 11.7. The summed E-state index contributed by atoms with van der Waals surface area (Å²) in [6.07, 6.45) is 2.60. The van der Waals surface area contributed by atoms with E-state index in [9.17, 15) is 8.42 Å². The fourth-order valence-electron chi connectivity index (χ4n) is 1.68. The lowest BCUT2D eigenvalue weighted by Gasteiger charge is -2.22. The summed E-state index contributed by atoms with van der Waals surface area (Å²) in [5, 5.41) is 0. The van der Waals surface area contributed by atoms with Gasteiger partial charge >= 0.3 is 0 Å². The molecule has 7 heteroatoms. The fraction of sp³-hybridized carbons (Fsp3) is 1.00. The number of hydrogen-bond donors (Lipinski definition) is 2. The molecule has 0 bridgehead atoms. The normalized spacial score (nSPS) is 22.7. The SMILES string of the molecule is CCCNS(=O)(=O)N1CCCC1CN.Cl. The molecule has 0 aromatic carbocycles. The Bertz CT molecular complexity index is 271. The van der Waals surface area contributed by atoms with Crippen LogP contribution in [0.25, 0.3) is 0 Å². The Balaban J connectivity index is 0.00000196. The molecule has 1 fully saturated rings. The van der Waals surface area contributed by atoms with Gasteiger partial charge in [-0.3, -0.25) is 0 Å². The molecule has 1 unspecified atom stereocenters. The Morgan fingerprint density at radius 3 is 2.73 bits per heavy atom. The fourth-order valence-corrected chi connectivity index (χ4v) is 3.26. The van der Waals surface area contributed by atoms with Gasteiger partial charge in [0.25, 0.3) is 10.2 Å². The molecule has 0 aliphatic carbocycles. The van der Waals surface area contributed by atoms with Crippen LogP contribution in [0.4, 0.5) is 0 Å². The topological polar surface area (TPSA) is 75.4 Å². The highest BCUT2D eigenvalue weighted by Crippen LogP contribution is 2.18. The standard InChI is InChI=1S/C8H19N3O2S.ClH/c1-2-5-10-14(12,13)11-6-3-4-8(11)7-9;/h8,10H,2-7,9H2,1H3;1H. The van der Waals surface area contributed by atoms with Crippen molar-refractivity contribution in [1.82, 2.24) is 9.03 Å². The van der Waals surface area contributed by atoms with Gasteiger partial charge in [0.1, 0.15) is 0 Å². The minimum Gasteiger partial charge on any atom is -0.329 e. The van der Waals surface area contributed by atoms with Crippen LogP contribution in [0.1, 0.15) is 26.2 Å². The third-order valence-electron chi connectivity index (χ3n) is 2.44. The van der Waals surface area contributed by atoms with Gasteiger partial charge in [-0.15, -0.1) is 12.4 Å². The zero-order chi connectivity index (χ0) is 10.6. The average molecular weight is 258 g/mol. The van der Waals surface area contributed by atoms with E-state index in [1.807, 2.05) is 6.92 Å². The highest BCUT2D eigenvalue weighted by molar-refractivity contribution is 7.87. The lowest BCUT2D eigenvalue weighted by Crippen LogP contribution is -2.46. The first-order chi connectivity index (χ1) is 6.61. The van der Waals surface area contributed by atoms with Crippen molar-refractivity contribution in [3.05, 3.63) is 0 Å². The smallest absolute Gasteiger partial charge is 0.279 e. The van der Waals surface area contributed by atoms with Crippen molar-refractivity contribution in [1.29, 1.82) is 0 Å². The summed E-state index contributed by atoms with van der Waals surface area (Å²) in [5.74, 6) is 0. The molecule has 1 atom stereocenters. The zero-order valence-electron chi connectivity index (χ0n) is 8.98. The predicted octanol–water partition coefficient (Wildman–Crippen LogP) is 0.0757. The molecular formula is C8H20ClN3O2S. The van der Waals surface area contributed by atoms with Gasteiger partial charge in [-0.25, -0.2) is 4.72 Å². The second kappa shape index (κ2) is 6.65. The summed E-state index contributed by atoms with van der Waals surface area (Å²) in [6, 6.07) is -0.00986. The van der Waals surface area contributed by atoms with E-state index in [2.05, 4.69) is 4.72 Å². The maximum absolute atomic E-state index is 11.7. The van der Waals surface area contributed by atoms with Gasteiger partial charge in [-0.2, -0.15) is 12.7 Å². The van der Waals surface area contributed by atoms with Crippen LogP contribution in [0, 0.1) is 0 Å². The zero-order valence-corrected chi connectivity index (χ0v) is 10.6. The molecule has 0 amide bonds. The number of rotatable bonds is 5. The second-order valence-corrected chi connectivity index (χ2v) is 5.25. The molecule has 15 heavy (non-hydrogen) atoms. The van der Waals surface area contributed by atoms with E-state index in [-0.39, 0.29) is 18.4 Å². The minimum atomic E-state index is -3.28. The lowest BCUT2D eigenvalue weighted by molar-refractivity contribution is 0.386. The van der Waals surface area contributed by atoms with E-state index in [1.165, 1.54) is 4.31 Å². The summed E-state index contributed by atoms with van der Waals surface area (Å²) in [6.45, 7) is 3.44. The van der Waals surface area contributed by atoms with Crippen LogP contribution in [-0.4, -0.2) is 38.4 Å². The number of nitrogens with one attached hydrogen (secondary N) is 1. The maximum Gasteiger partial charge on any atom is 0.279 e. The molecule has 92 valence electrons. The predicted molar refractivity (Wildman–Crippen MR) is 63.2 cm³/mol. The van der Waals surface area contributed by atoms with Gasteiger partial charge < -0.3 is 5.73 Å². The van der Waals surface area contributed by atoms with E-state index < -0.39 is 10.2 Å². The number of halogens is 1. The van der Waals surface area contributed by atoms with Gasteiger partial charge in [0.2, 0.25) is 0 Å². The molecule has 0 aromatic rings. The Morgan fingerprint density at radius 2 is 2.20 bits per heavy atom. The van der Waals surface area contributed by atoms with Gasteiger partial charge in [0.05, 0.1) is 0 Å². The molecule has 0 spiro atoms. The van der Waals surface area contributed by atoms with Crippen molar-refractivity contribution in [3.8, 4) is 0 Å². The second-order valence-electron chi connectivity index (χ2n) is 3.54. The Labute approximate surface area is 98.0 Å². The van der Waals surface area contributed by atoms with Crippen molar-refractivity contribution < 1.29 is 8.42 Å². The van der Waals surface area contributed by atoms with Gasteiger partial charge in [-0.1, -0.05) is 6.92 Å². The van der Waals surface area contributed by atoms with Crippen LogP contribution < -0.4 is 10.5 Å². The van der Waals surface area contributed by atoms with E-state index in [0.29, 0.717) is 19.6 Å². The van der Waals surface area contributed by atoms with Gasteiger partial charge in [0, 0.05) is 25.7 Å². The summed E-state index contributed by atoms with van der Waals surface area (Å²) in [5.41, 5.74) is 5.52. The third kappa shape index (κ3) is 3.88. The average Bonchev–Trinajstić information content (AvgIpc) is 2.63. The van der Waals surface area contributed by atoms with Gasteiger partial charge in [-0.05, 0) is 19.3 Å². The number of hydrogen-bond acceptors (Lipinski definition) is 3. The van der Waals surface area contributed by atoms with Crippen LogP contribution in [-0.2, 0) is 10.2 Å². The molecule has 0 radical (unpaired) electrons. The molecule has 5 nitrogen and oxygen atoms in total. The summed E-state index contributed by atoms with van der Waals surface area (Å²) >= 11 is 0. The molecule has 1 heterocycles. The van der Waals surface area contributed by atoms with Crippen molar-refractivity contribution in [2.75, 3.05) is 19.6 Å². The molecule has 1 aliphatic rings. The first-order valence-electron chi connectivity index (χ1n) is 5.08. The Kier molecular flexibility index (Phi) is 6.70. The van der Waals surface area contributed by atoms with E-state index >= 15 is 0 Å². The quantitative estimate of drug-likeness (QED) is 0.732. The molecule has 3 N–H and O–H groups in total. The molecule has 1 rings (SSSR count). The van der Waals surface area contributed by atoms with Crippen molar-refractivity contribution >= 4 is 22.6 Å². The number of nitrogens with zero attached hydrogens (tertiary/aromatic N) is 1. The third-order valence-corrected chi connectivity index (χ3v) is 4.11. The highest BCUT2D eigenvalue weighted by Gasteiger charge is 2.32. The van der Waals surface area contributed by atoms with Crippen LogP contribution in [0.5, 0.6) is 0 Å². The van der Waals surface area contributed by atoms with E-state index in [4.69, 9.17) is 5.73 Å². The van der Waals surface area contributed by atoms with Crippen LogP contribution in [0.3, 0.4) is 0 Å². The lowest BCUT2D eigenvalue weighted by atomic mass is 10.2. The Hall–Kier alpha value is 0.120. The first-order valence-corrected chi connectivity index (χ1v) is 6.52. The monoisotopic (exact) mass is 257 g/mol. The van der Waals surface area contributed by atoms with E-state index in [1.54, 1.807) is 0 Å². The molecular weight excluding hydrogens is 238 g/mol. The molecule has 1 saturated heterocycles. The molecule has 0 saturated carbocycles. The van der Waals surface area contributed by atoms with Gasteiger partial charge in [0.15, 0.2) is 0 Å². The summed E-state index contributed by atoms with van der Waals surface area (Å²) in [7, 11) is -3.28.